The summed E-state index contributed by atoms with van der Waals surface area (Å²) in [7, 11) is -4.59. The minimum absolute atomic E-state index is 0.584. The number of hydrogen-bond acceptors (Lipinski definition) is 3. The maximum Gasteiger partial charge on any atom is 0.297 e. The highest BCUT2D eigenvalue weighted by Crippen LogP contribution is 2.03. The smallest absolute Gasteiger partial charge is 0.297 e. The molecule has 0 aliphatic rings. The van der Waals surface area contributed by atoms with Crippen molar-refractivity contribution in [1.29, 1.82) is 0 Å². The summed E-state index contributed by atoms with van der Waals surface area (Å²) in [5.41, 5.74) is -2.36. The largest absolute Gasteiger partial charge is 0.396 e. The standard InChI is InChI=1S/C3H7FO4S/c4-3(1-2-5)9(6,7)8/h3,5H,1-2H2,(H,6,7,8). The van der Waals surface area contributed by atoms with E-state index in [1.807, 2.05) is 0 Å². The molecule has 0 amide bonds. The Labute approximate surface area is 52.1 Å². The molecule has 56 valence electrons. The Bertz CT molecular complexity index is 163. The summed E-state index contributed by atoms with van der Waals surface area (Å²) in [6.07, 6.45) is -0.584. The van der Waals surface area contributed by atoms with E-state index in [0.717, 1.165) is 0 Å². The molecule has 0 aromatic carbocycles. The Kier molecular flexibility index (Phi) is 3.02. The summed E-state index contributed by atoms with van der Waals surface area (Å²) in [6, 6.07) is 0. The minimum Gasteiger partial charge on any atom is -0.396 e. The first-order valence-electron chi connectivity index (χ1n) is 2.19. The van der Waals surface area contributed by atoms with E-state index in [1.165, 1.54) is 0 Å². The number of alkyl halides is 1. The zero-order chi connectivity index (χ0) is 7.49. The first-order valence-corrected chi connectivity index (χ1v) is 3.70. The Morgan fingerprint density at radius 2 is 2.00 bits per heavy atom. The molecule has 0 spiro atoms. The quantitative estimate of drug-likeness (QED) is 0.545. The van der Waals surface area contributed by atoms with Crippen molar-refractivity contribution in [3.8, 4) is 0 Å². The van der Waals surface area contributed by atoms with Gasteiger partial charge in [-0.15, -0.1) is 0 Å². The van der Waals surface area contributed by atoms with Gasteiger partial charge in [-0.3, -0.25) is 4.55 Å². The van der Waals surface area contributed by atoms with Crippen molar-refractivity contribution in [3.63, 3.8) is 0 Å². The van der Waals surface area contributed by atoms with Crippen molar-refractivity contribution in [1.82, 2.24) is 0 Å². The fraction of sp³-hybridized carbons (Fsp3) is 1.00. The van der Waals surface area contributed by atoms with E-state index in [-0.39, 0.29) is 0 Å². The maximum absolute atomic E-state index is 11.9. The molecule has 1 unspecified atom stereocenters. The highest BCUT2D eigenvalue weighted by molar-refractivity contribution is 7.86. The minimum atomic E-state index is -4.59. The van der Waals surface area contributed by atoms with Crippen LogP contribution in [0.5, 0.6) is 0 Å². The molecule has 4 nitrogen and oxygen atoms in total. The molecule has 0 saturated heterocycles. The summed E-state index contributed by atoms with van der Waals surface area (Å²) in [6.45, 7) is -0.596. The molecule has 9 heavy (non-hydrogen) atoms. The molecule has 0 heterocycles. The number of aliphatic hydroxyl groups is 1. The van der Waals surface area contributed by atoms with Crippen LogP contribution in [-0.4, -0.2) is 30.2 Å². The normalized spacial score (nSPS) is 15.4. The predicted molar refractivity (Wildman–Crippen MR) is 28.1 cm³/mol. The molecule has 0 bridgehead atoms. The van der Waals surface area contributed by atoms with Gasteiger partial charge in [-0.2, -0.15) is 8.42 Å². The van der Waals surface area contributed by atoms with Gasteiger partial charge < -0.3 is 5.11 Å². The highest BCUT2D eigenvalue weighted by Gasteiger charge is 2.20. The van der Waals surface area contributed by atoms with Gasteiger partial charge in [0.15, 0.2) is 0 Å². The van der Waals surface area contributed by atoms with Crippen LogP contribution in [0.15, 0.2) is 0 Å². The van der Waals surface area contributed by atoms with E-state index >= 15 is 0 Å². The van der Waals surface area contributed by atoms with Gasteiger partial charge in [0.1, 0.15) is 0 Å². The van der Waals surface area contributed by atoms with Gasteiger partial charge in [0.2, 0.25) is 5.50 Å². The van der Waals surface area contributed by atoms with Crippen molar-refractivity contribution in [2.75, 3.05) is 6.61 Å². The Morgan fingerprint density at radius 1 is 1.56 bits per heavy atom. The van der Waals surface area contributed by atoms with Crippen LogP contribution in [0, 0.1) is 0 Å². The molecular formula is C3H7FO4S. The fourth-order valence-electron chi connectivity index (χ4n) is 0.250. The van der Waals surface area contributed by atoms with Crippen molar-refractivity contribution in [3.05, 3.63) is 0 Å². The van der Waals surface area contributed by atoms with Crippen LogP contribution >= 0.6 is 0 Å². The third kappa shape index (κ3) is 3.39. The molecule has 0 rings (SSSR count). The topological polar surface area (TPSA) is 74.6 Å². The van der Waals surface area contributed by atoms with Gasteiger partial charge in [-0.1, -0.05) is 0 Å². The van der Waals surface area contributed by atoms with Crippen molar-refractivity contribution in [2.24, 2.45) is 0 Å². The molecule has 0 aromatic rings. The average Bonchev–Trinajstić information content (AvgIpc) is 1.64. The van der Waals surface area contributed by atoms with Crippen LogP contribution in [0.2, 0.25) is 0 Å². The van der Waals surface area contributed by atoms with Crippen molar-refractivity contribution >= 4 is 10.1 Å². The summed E-state index contributed by atoms with van der Waals surface area (Å²) in [5, 5.41) is 7.98. The second kappa shape index (κ2) is 3.09. The maximum atomic E-state index is 11.9. The van der Waals surface area contributed by atoms with Gasteiger partial charge in [0.05, 0.1) is 0 Å². The Balaban J connectivity index is 3.90. The van der Waals surface area contributed by atoms with Gasteiger partial charge >= 0.3 is 0 Å². The summed E-state index contributed by atoms with van der Waals surface area (Å²) in [4.78, 5) is 0. The molecule has 0 aliphatic carbocycles. The number of halogens is 1. The first-order chi connectivity index (χ1) is 3.98. The van der Waals surface area contributed by atoms with Gasteiger partial charge in [0, 0.05) is 13.0 Å². The van der Waals surface area contributed by atoms with E-state index in [2.05, 4.69) is 0 Å². The van der Waals surface area contributed by atoms with Crippen molar-refractivity contribution in [2.45, 2.75) is 11.9 Å². The lowest BCUT2D eigenvalue weighted by molar-refractivity contribution is 0.247. The lowest BCUT2D eigenvalue weighted by Crippen LogP contribution is -2.15. The summed E-state index contributed by atoms with van der Waals surface area (Å²) < 4.78 is 39.4. The first kappa shape index (κ1) is 8.80. The fourth-order valence-corrected chi connectivity index (χ4v) is 0.654. The van der Waals surface area contributed by atoms with E-state index in [9.17, 15) is 12.8 Å². The third-order valence-corrected chi connectivity index (χ3v) is 1.56. The second-order valence-electron chi connectivity index (χ2n) is 1.44. The SMILES string of the molecule is O=S(=O)(O)C(F)CCO. The molecule has 0 radical (unpaired) electrons. The second-order valence-corrected chi connectivity index (χ2v) is 2.98. The Hall–Kier alpha value is -0.200. The summed E-state index contributed by atoms with van der Waals surface area (Å²) >= 11 is 0. The predicted octanol–water partition coefficient (Wildman–Crippen LogP) is -0.448. The van der Waals surface area contributed by atoms with Crippen LogP contribution < -0.4 is 0 Å². The van der Waals surface area contributed by atoms with Crippen LogP contribution in [0.4, 0.5) is 4.39 Å². The number of aliphatic hydroxyl groups excluding tert-OH is 1. The molecule has 0 aromatic heterocycles. The molecule has 6 heteroatoms. The monoisotopic (exact) mass is 158 g/mol. The zero-order valence-corrected chi connectivity index (χ0v) is 5.31. The molecule has 1 atom stereocenters. The molecule has 2 N–H and O–H groups in total. The molecule has 0 saturated carbocycles. The van der Waals surface area contributed by atoms with E-state index in [0.29, 0.717) is 0 Å². The van der Waals surface area contributed by atoms with Crippen LogP contribution in [-0.2, 0) is 10.1 Å². The third-order valence-electron chi connectivity index (χ3n) is 0.679. The Morgan fingerprint density at radius 3 is 2.11 bits per heavy atom. The van der Waals surface area contributed by atoms with Gasteiger partial charge in [-0.05, 0) is 0 Å². The lowest BCUT2D eigenvalue weighted by atomic mass is 10.5. The van der Waals surface area contributed by atoms with Crippen LogP contribution in [0.3, 0.4) is 0 Å². The molecular weight excluding hydrogens is 151 g/mol. The van der Waals surface area contributed by atoms with Crippen LogP contribution in [0.25, 0.3) is 0 Å². The van der Waals surface area contributed by atoms with E-state index < -0.39 is 28.6 Å². The number of hydrogen-bond donors (Lipinski definition) is 2. The van der Waals surface area contributed by atoms with Gasteiger partial charge in [0.25, 0.3) is 10.1 Å². The van der Waals surface area contributed by atoms with Crippen LogP contribution in [0.1, 0.15) is 6.42 Å². The van der Waals surface area contributed by atoms with E-state index in [4.69, 9.17) is 9.66 Å². The lowest BCUT2D eigenvalue weighted by Gasteiger charge is -1.99. The summed E-state index contributed by atoms with van der Waals surface area (Å²) in [5.74, 6) is 0. The van der Waals surface area contributed by atoms with Crippen molar-refractivity contribution < 1.29 is 22.5 Å². The molecule has 0 aliphatic heterocycles. The number of rotatable bonds is 3. The van der Waals surface area contributed by atoms with E-state index in [1.54, 1.807) is 0 Å². The highest BCUT2D eigenvalue weighted by atomic mass is 32.2. The molecule has 0 fully saturated rings. The van der Waals surface area contributed by atoms with Gasteiger partial charge in [-0.25, -0.2) is 4.39 Å². The average molecular weight is 158 g/mol. The zero-order valence-electron chi connectivity index (χ0n) is 4.49.